The number of hydrogen-bond acceptors (Lipinski definition) is 3. The van der Waals surface area contributed by atoms with Crippen molar-refractivity contribution in [2.45, 2.75) is 32.6 Å². The number of rotatable bonds is 6. The van der Waals surface area contributed by atoms with Crippen LogP contribution in [-0.2, 0) is 10.5 Å². The molecule has 1 unspecified atom stereocenters. The maximum atomic E-state index is 11.9. The smallest absolute Gasteiger partial charge is 0.230 e. The first kappa shape index (κ1) is 15.7. The summed E-state index contributed by atoms with van der Waals surface area (Å²) in [4.78, 5) is 11.9. The molecule has 112 valence electrons. The van der Waals surface area contributed by atoms with Crippen LogP contribution in [0.5, 0.6) is 0 Å². The summed E-state index contributed by atoms with van der Waals surface area (Å²) in [6.07, 6.45) is 0. The molecular weight excluding hydrogens is 282 g/mol. The highest BCUT2D eigenvalue weighted by molar-refractivity contribution is 7.99. The molecule has 0 radical (unpaired) electrons. The molecule has 3 nitrogen and oxygen atoms in total. The van der Waals surface area contributed by atoms with E-state index < -0.39 is 0 Å². The molecular formula is C17H21NO2S. The van der Waals surface area contributed by atoms with Crippen molar-refractivity contribution in [3.05, 3.63) is 59.0 Å². The zero-order valence-electron chi connectivity index (χ0n) is 12.7. The van der Waals surface area contributed by atoms with Gasteiger partial charge in [-0.15, -0.1) is 11.8 Å². The van der Waals surface area contributed by atoms with Gasteiger partial charge in [0.05, 0.1) is 11.8 Å². The Bertz CT molecular complexity index is 589. The van der Waals surface area contributed by atoms with Gasteiger partial charge in [0, 0.05) is 5.75 Å². The number of nitrogens with one attached hydrogen (secondary N) is 1. The van der Waals surface area contributed by atoms with Gasteiger partial charge in [-0.05, 0) is 38.5 Å². The van der Waals surface area contributed by atoms with Gasteiger partial charge in [-0.25, -0.2) is 0 Å². The molecule has 0 saturated carbocycles. The van der Waals surface area contributed by atoms with Crippen LogP contribution in [0.3, 0.4) is 0 Å². The largest absolute Gasteiger partial charge is 0.464 e. The molecule has 0 spiro atoms. The molecule has 2 rings (SSSR count). The molecule has 1 atom stereocenters. The van der Waals surface area contributed by atoms with E-state index in [1.54, 1.807) is 11.8 Å². The van der Waals surface area contributed by atoms with E-state index in [9.17, 15) is 4.79 Å². The second kappa shape index (κ2) is 7.36. The number of benzene rings is 1. The monoisotopic (exact) mass is 303 g/mol. The summed E-state index contributed by atoms with van der Waals surface area (Å²) >= 11 is 1.62. The molecule has 1 N–H and O–H groups in total. The third-order valence-corrected chi connectivity index (χ3v) is 4.19. The molecule has 1 amide bonds. The Morgan fingerprint density at radius 3 is 2.52 bits per heavy atom. The van der Waals surface area contributed by atoms with Crippen molar-refractivity contribution < 1.29 is 9.21 Å². The number of aryl methyl sites for hydroxylation is 2. The Morgan fingerprint density at radius 1 is 1.19 bits per heavy atom. The third-order valence-electron chi connectivity index (χ3n) is 3.19. The standard InChI is InChI=1S/C17H21NO2S/c1-12-4-7-15(8-5-12)10-21-11-17(19)18-14(3)16-9-6-13(2)20-16/h4-9,14H,10-11H2,1-3H3,(H,18,19). The Hall–Kier alpha value is -1.68. The summed E-state index contributed by atoms with van der Waals surface area (Å²) in [6.45, 7) is 5.90. The highest BCUT2D eigenvalue weighted by atomic mass is 32.2. The van der Waals surface area contributed by atoms with Crippen molar-refractivity contribution in [3.63, 3.8) is 0 Å². The van der Waals surface area contributed by atoms with Crippen LogP contribution in [0.1, 0.15) is 35.6 Å². The Balaban J connectivity index is 1.73. The molecule has 4 heteroatoms. The van der Waals surface area contributed by atoms with Crippen molar-refractivity contribution in [2.75, 3.05) is 5.75 Å². The normalized spacial score (nSPS) is 12.1. The molecule has 1 aromatic heterocycles. The van der Waals surface area contributed by atoms with Crippen LogP contribution in [0.25, 0.3) is 0 Å². The summed E-state index contributed by atoms with van der Waals surface area (Å²) in [5.74, 6) is 3.00. The van der Waals surface area contributed by atoms with Gasteiger partial charge in [0.1, 0.15) is 11.5 Å². The van der Waals surface area contributed by atoms with Gasteiger partial charge in [0.2, 0.25) is 5.91 Å². The highest BCUT2D eigenvalue weighted by Gasteiger charge is 2.12. The first-order valence-corrected chi connectivity index (χ1v) is 8.19. The van der Waals surface area contributed by atoms with E-state index in [1.807, 2.05) is 26.0 Å². The van der Waals surface area contributed by atoms with Gasteiger partial charge in [-0.2, -0.15) is 0 Å². The van der Waals surface area contributed by atoms with Crippen LogP contribution < -0.4 is 5.32 Å². The van der Waals surface area contributed by atoms with Gasteiger partial charge < -0.3 is 9.73 Å². The molecule has 1 aromatic carbocycles. The summed E-state index contributed by atoms with van der Waals surface area (Å²) in [5.41, 5.74) is 2.50. The number of carbonyl (C=O) groups excluding carboxylic acids is 1. The minimum atomic E-state index is -0.0915. The van der Waals surface area contributed by atoms with Gasteiger partial charge in [-0.1, -0.05) is 29.8 Å². The lowest BCUT2D eigenvalue weighted by Crippen LogP contribution is -2.28. The number of carbonyl (C=O) groups is 1. The quantitative estimate of drug-likeness (QED) is 0.877. The highest BCUT2D eigenvalue weighted by Crippen LogP contribution is 2.17. The van der Waals surface area contributed by atoms with Crippen molar-refractivity contribution in [2.24, 2.45) is 0 Å². The lowest BCUT2D eigenvalue weighted by Gasteiger charge is -2.11. The van der Waals surface area contributed by atoms with Gasteiger partial charge in [-0.3, -0.25) is 4.79 Å². The SMILES string of the molecule is Cc1ccc(CSCC(=O)NC(C)c2ccc(C)o2)cc1. The molecule has 0 saturated heterocycles. The molecule has 0 aliphatic heterocycles. The summed E-state index contributed by atoms with van der Waals surface area (Å²) in [7, 11) is 0. The van der Waals surface area contributed by atoms with Crippen LogP contribution in [0, 0.1) is 13.8 Å². The number of amides is 1. The van der Waals surface area contributed by atoms with Gasteiger partial charge in [0.25, 0.3) is 0 Å². The average Bonchev–Trinajstić information content (AvgIpc) is 2.88. The van der Waals surface area contributed by atoms with E-state index in [2.05, 4.69) is 36.5 Å². The summed E-state index contributed by atoms with van der Waals surface area (Å²) in [5, 5.41) is 2.95. The fraction of sp³-hybridized carbons (Fsp3) is 0.353. The molecule has 0 aliphatic carbocycles. The van der Waals surface area contributed by atoms with Crippen LogP contribution in [0.15, 0.2) is 40.8 Å². The van der Waals surface area contributed by atoms with Crippen molar-refractivity contribution in [1.29, 1.82) is 0 Å². The molecule has 0 aliphatic rings. The van der Waals surface area contributed by atoms with E-state index in [1.165, 1.54) is 11.1 Å². The Labute approximate surface area is 130 Å². The van der Waals surface area contributed by atoms with E-state index >= 15 is 0 Å². The Kier molecular flexibility index (Phi) is 5.51. The van der Waals surface area contributed by atoms with Crippen LogP contribution in [0.2, 0.25) is 0 Å². The summed E-state index contributed by atoms with van der Waals surface area (Å²) in [6, 6.07) is 12.1. The summed E-state index contributed by atoms with van der Waals surface area (Å²) < 4.78 is 5.51. The van der Waals surface area contributed by atoms with Crippen molar-refractivity contribution in [1.82, 2.24) is 5.32 Å². The Morgan fingerprint density at radius 2 is 1.90 bits per heavy atom. The fourth-order valence-corrected chi connectivity index (χ4v) is 2.79. The van der Waals surface area contributed by atoms with E-state index in [-0.39, 0.29) is 11.9 Å². The molecule has 2 aromatic rings. The maximum Gasteiger partial charge on any atom is 0.230 e. The number of hydrogen-bond donors (Lipinski definition) is 1. The predicted octanol–water partition coefficient (Wildman–Crippen LogP) is 4.01. The van der Waals surface area contributed by atoms with E-state index in [0.717, 1.165) is 17.3 Å². The van der Waals surface area contributed by atoms with Crippen molar-refractivity contribution in [3.8, 4) is 0 Å². The molecule has 0 bridgehead atoms. The van der Waals surface area contributed by atoms with Gasteiger partial charge in [0.15, 0.2) is 0 Å². The number of furan rings is 1. The van der Waals surface area contributed by atoms with Crippen LogP contribution in [0.4, 0.5) is 0 Å². The predicted molar refractivity (Wildman–Crippen MR) is 87.3 cm³/mol. The average molecular weight is 303 g/mol. The zero-order valence-corrected chi connectivity index (χ0v) is 13.5. The van der Waals surface area contributed by atoms with Crippen molar-refractivity contribution >= 4 is 17.7 Å². The first-order valence-electron chi connectivity index (χ1n) is 7.03. The second-order valence-electron chi connectivity index (χ2n) is 5.22. The van der Waals surface area contributed by atoms with Crippen LogP contribution in [-0.4, -0.2) is 11.7 Å². The van der Waals surface area contributed by atoms with Gasteiger partial charge >= 0.3 is 0 Å². The van der Waals surface area contributed by atoms with E-state index in [4.69, 9.17) is 4.42 Å². The van der Waals surface area contributed by atoms with E-state index in [0.29, 0.717) is 5.75 Å². The first-order chi connectivity index (χ1) is 10.0. The minimum absolute atomic E-state index is 0.0358. The lowest BCUT2D eigenvalue weighted by atomic mass is 10.2. The molecule has 1 heterocycles. The topological polar surface area (TPSA) is 42.2 Å². The van der Waals surface area contributed by atoms with Crippen LogP contribution >= 0.6 is 11.8 Å². The molecule has 0 fully saturated rings. The molecule has 21 heavy (non-hydrogen) atoms. The lowest BCUT2D eigenvalue weighted by molar-refractivity contribution is -0.119. The third kappa shape index (κ3) is 4.97. The maximum absolute atomic E-state index is 11.9. The minimum Gasteiger partial charge on any atom is -0.464 e. The fourth-order valence-electron chi connectivity index (χ4n) is 1.99. The number of thioether (sulfide) groups is 1. The second-order valence-corrected chi connectivity index (χ2v) is 6.20. The zero-order chi connectivity index (χ0) is 15.2.